The van der Waals surface area contributed by atoms with E-state index in [2.05, 4.69) is 18.1 Å². The van der Waals surface area contributed by atoms with Gasteiger partial charge in [0, 0.05) is 5.02 Å². The second kappa shape index (κ2) is 8.39. The monoisotopic (exact) mass is 422 g/mol. The van der Waals surface area contributed by atoms with Crippen molar-refractivity contribution in [2.75, 3.05) is 9.62 Å². The number of furan rings is 1. The third-order valence-electron chi connectivity index (χ3n) is 3.38. The van der Waals surface area contributed by atoms with Crippen molar-refractivity contribution in [2.24, 2.45) is 0 Å². The van der Waals surface area contributed by atoms with Crippen molar-refractivity contribution in [3.63, 3.8) is 0 Å². The summed E-state index contributed by atoms with van der Waals surface area (Å²) >= 11 is 16.1. The number of anilines is 2. The number of nitrogens with zero attached hydrogens (tertiary/aromatic N) is 1. The molecular formula is C18H12Cl2N2O4S. The molecule has 0 saturated carbocycles. The van der Waals surface area contributed by atoms with Crippen LogP contribution in [0.2, 0.25) is 10.0 Å². The van der Waals surface area contributed by atoms with Gasteiger partial charge in [-0.25, -0.2) is 13.9 Å². The molecule has 0 unspecified atom stereocenters. The van der Waals surface area contributed by atoms with Crippen LogP contribution in [0.15, 0.2) is 65.3 Å². The number of halogens is 2. The molecule has 2 aromatic carbocycles. The van der Waals surface area contributed by atoms with Crippen molar-refractivity contribution in [1.82, 2.24) is 0 Å². The lowest BCUT2D eigenvalue weighted by Crippen LogP contribution is -2.26. The number of urea groups is 1. The van der Waals surface area contributed by atoms with Gasteiger partial charge in [-0.15, -0.1) is 0 Å². The molecule has 0 radical (unpaired) electrons. The van der Waals surface area contributed by atoms with E-state index in [1.165, 1.54) is 30.5 Å². The molecule has 0 spiro atoms. The summed E-state index contributed by atoms with van der Waals surface area (Å²) in [4.78, 5) is 24.2. The Morgan fingerprint density at radius 1 is 1.07 bits per heavy atom. The summed E-state index contributed by atoms with van der Waals surface area (Å²) in [6.45, 7) is 0. The summed E-state index contributed by atoms with van der Waals surface area (Å²) in [7, 11) is 0. The normalized spacial score (nSPS) is 10.3. The highest BCUT2D eigenvalue weighted by molar-refractivity contribution is 7.82. The van der Waals surface area contributed by atoms with Crippen molar-refractivity contribution < 1.29 is 18.7 Å². The third kappa shape index (κ3) is 4.77. The summed E-state index contributed by atoms with van der Waals surface area (Å²) < 4.78 is 11.2. The number of carbonyl (C=O) groups excluding carboxylic acids is 2. The van der Waals surface area contributed by atoms with Crippen molar-refractivity contribution in [1.29, 1.82) is 0 Å². The maximum Gasteiger partial charge on any atom is 0.379 e. The van der Waals surface area contributed by atoms with E-state index in [0.717, 1.165) is 4.31 Å². The maximum atomic E-state index is 12.3. The Bertz CT molecular complexity index is 962. The SMILES string of the molecule is O=C(Oc1ccc(N(S)C(=O)Nc2cc(Cl)ccc2Cl)cc1)c1ccco1. The second-order valence-corrected chi connectivity index (χ2v) is 6.47. The highest BCUT2D eigenvalue weighted by Crippen LogP contribution is 2.27. The number of esters is 1. The molecule has 6 nitrogen and oxygen atoms in total. The summed E-state index contributed by atoms with van der Waals surface area (Å²) in [5, 5.41) is 3.39. The number of hydrogen-bond acceptors (Lipinski definition) is 5. The van der Waals surface area contributed by atoms with Gasteiger partial charge in [-0.2, -0.15) is 0 Å². The van der Waals surface area contributed by atoms with Gasteiger partial charge in [0.25, 0.3) is 0 Å². The van der Waals surface area contributed by atoms with Gasteiger partial charge in [-0.1, -0.05) is 36.0 Å². The van der Waals surface area contributed by atoms with E-state index in [9.17, 15) is 9.59 Å². The predicted molar refractivity (Wildman–Crippen MR) is 107 cm³/mol. The van der Waals surface area contributed by atoms with Crippen LogP contribution in [0.1, 0.15) is 10.6 Å². The maximum absolute atomic E-state index is 12.3. The molecule has 1 aromatic heterocycles. The highest BCUT2D eigenvalue weighted by atomic mass is 35.5. The first kappa shape index (κ1) is 19.2. The molecule has 138 valence electrons. The zero-order valence-corrected chi connectivity index (χ0v) is 16.0. The van der Waals surface area contributed by atoms with Crippen LogP contribution in [0.3, 0.4) is 0 Å². The van der Waals surface area contributed by atoms with E-state index in [1.807, 2.05) is 0 Å². The van der Waals surface area contributed by atoms with Gasteiger partial charge in [0.15, 0.2) is 0 Å². The average Bonchev–Trinajstić information content (AvgIpc) is 3.19. The first-order valence-corrected chi connectivity index (χ1v) is 8.70. The second-order valence-electron chi connectivity index (χ2n) is 5.23. The van der Waals surface area contributed by atoms with E-state index in [1.54, 1.807) is 30.3 Å². The van der Waals surface area contributed by atoms with Crippen LogP contribution in [0.4, 0.5) is 16.2 Å². The lowest BCUT2D eigenvalue weighted by molar-refractivity contribution is 0.0701. The summed E-state index contributed by atoms with van der Waals surface area (Å²) in [6.07, 6.45) is 1.38. The van der Waals surface area contributed by atoms with Crippen LogP contribution in [0.5, 0.6) is 5.75 Å². The lowest BCUT2D eigenvalue weighted by Gasteiger charge is -2.17. The summed E-state index contributed by atoms with van der Waals surface area (Å²) in [6, 6.07) is 13.4. The molecule has 0 atom stereocenters. The van der Waals surface area contributed by atoms with Crippen molar-refractivity contribution in [3.05, 3.63) is 76.7 Å². The van der Waals surface area contributed by atoms with Gasteiger partial charge in [-0.3, -0.25) is 0 Å². The molecule has 0 fully saturated rings. The number of carbonyl (C=O) groups is 2. The molecule has 3 rings (SSSR count). The molecule has 0 aliphatic rings. The van der Waals surface area contributed by atoms with E-state index < -0.39 is 12.0 Å². The third-order valence-corrected chi connectivity index (χ3v) is 4.35. The number of nitrogens with one attached hydrogen (secondary N) is 1. The minimum atomic E-state index is -0.621. The number of thiol groups is 1. The summed E-state index contributed by atoms with van der Waals surface area (Å²) in [5.74, 6) is -0.239. The Morgan fingerprint density at radius 3 is 2.48 bits per heavy atom. The van der Waals surface area contributed by atoms with Crippen LogP contribution in [0.25, 0.3) is 0 Å². The molecular weight excluding hydrogens is 411 g/mol. The smallest absolute Gasteiger partial charge is 0.379 e. The predicted octanol–water partition coefficient (Wildman–Crippen LogP) is 5.69. The minimum Gasteiger partial charge on any atom is -0.457 e. The molecule has 1 N–H and O–H groups in total. The summed E-state index contributed by atoms with van der Waals surface area (Å²) in [5.41, 5.74) is 0.809. The highest BCUT2D eigenvalue weighted by Gasteiger charge is 2.15. The molecule has 0 aliphatic heterocycles. The molecule has 0 bridgehead atoms. The number of hydrogen-bond donors (Lipinski definition) is 2. The molecule has 1 heterocycles. The number of ether oxygens (including phenoxy) is 1. The van der Waals surface area contributed by atoms with Crippen molar-refractivity contribution in [2.45, 2.75) is 0 Å². The Labute approximate surface area is 170 Å². The lowest BCUT2D eigenvalue weighted by atomic mass is 10.3. The quantitative estimate of drug-likeness (QED) is 0.321. The zero-order chi connectivity index (χ0) is 19.4. The first-order chi connectivity index (χ1) is 12.9. The van der Waals surface area contributed by atoms with Crippen molar-refractivity contribution in [3.8, 4) is 5.75 Å². The van der Waals surface area contributed by atoms with Crippen LogP contribution in [-0.2, 0) is 0 Å². The minimum absolute atomic E-state index is 0.0904. The van der Waals surface area contributed by atoms with Gasteiger partial charge in [0.2, 0.25) is 5.76 Å². The Hall–Kier alpha value is -2.61. The van der Waals surface area contributed by atoms with Crippen LogP contribution in [-0.4, -0.2) is 12.0 Å². The van der Waals surface area contributed by atoms with E-state index in [4.69, 9.17) is 32.4 Å². The van der Waals surface area contributed by atoms with E-state index in [-0.39, 0.29) is 5.76 Å². The largest absolute Gasteiger partial charge is 0.457 e. The van der Waals surface area contributed by atoms with Crippen LogP contribution < -0.4 is 14.4 Å². The topological polar surface area (TPSA) is 71.8 Å². The van der Waals surface area contributed by atoms with Gasteiger partial charge in [0.05, 0.1) is 22.7 Å². The molecule has 0 aliphatic carbocycles. The first-order valence-electron chi connectivity index (χ1n) is 7.55. The zero-order valence-electron chi connectivity index (χ0n) is 13.6. The van der Waals surface area contributed by atoms with E-state index >= 15 is 0 Å². The van der Waals surface area contributed by atoms with Crippen molar-refractivity contribution >= 4 is 59.4 Å². The molecule has 2 amide bonds. The van der Waals surface area contributed by atoms with Gasteiger partial charge >= 0.3 is 12.0 Å². The Morgan fingerprint density at radius 2 is 1.81 bits per heavy atom. The average molecular weight is 423 g/mol. The molecule has 9 heteroatoms. The van der Waals surface area contributed by atoms with E-state index in [0.29, 0.717) is 27.2 Å². The number of amides is 2. The molecule has 3 aromatic rings. The standard InChI is InChI=1S/C18H12Cl2N2O4S/c19-11-3-8-14(20)15(10-11)21-18(24)22(27)12-4-6-13(7-5-12)26-17(23)16-2-1-9-25-16/h1-10,27H,(H,21,24). The Balaban J connectivity index is 1.66. The fourth-order valence-electron chi connectivity index (χ4n) is 2.09. The number of rotatable bonds is 4. The van der Waals surface area contributed by atoms with Crippen LogP contribution in [0, 0.1) is 0 Å². The molecule has 27 heavy (non-hydrogen) atoms. The van der Waals surface area contributed by atoms with Gasteiger partial charge in [-0.05, 0) is 54.6 Å². The Kier molecular flexibility index (Phi) is 5.95. The fraction of sp³-hybridized carbons (Fsp3) is 0. The van der Waals surface area contributed by atoms with Crippen LogP contribution >= 0.6 is 36.0 Å². The fourth-order valence-corrected chi connectivity index (χ4v) is 2.61. The van der Waals surface area contributed by atoms with Gasteiger partial charge in [0.1, 0.15) is 5.75 Å². The van der Waals surface area contributed by atoms with Gasteiger partial charge < -0.3 is 14.5 Å². The molecule has 0 saturated heterocycles. The number of benzene rings is 2.